The second-order valence-corrected chi connectivity index (χ2v) is 10.2. The van der Waals surface area contributed by atoms with Crippen LogP contribution in [0.4, 0.5) is 0 Å². The summed E-state index contributed by atoms with van der Waals surface area (Å²) in [4.78, 5) is 16.2. The van der Waals surface area contributed by atoms with Crippen molar-refractivity contribution in [3.63, 3.8) is 0 Å². The molecule has 0 atom stereocenters. The van der Waals surface area contributed by atoms with Crippen LogP contribution < -0.4 is 5.56 Å². The molecule has 3 aromatic rings. The van der Waals surface area contributed by atoms with Crippen molar-refractivity contribution >= 4 is 39.1 Å². The van der Waals surface area contributed by atoms with Crippen LogP contribution >= 0.6 is 23.1 Å². The Kier molecular flexibility index (Phi) is 4.83. The molecule has 3 aromatic heterocycles. The SMILES string of the molecule is C=C(C)CSc1nnc2n(C3CCCCC3)c(=O)c3c4c(sc3n12)CCCC4. The van der Waals surface area contributed by atoms with Gasteiger partial charge in [-0.25, -0.2) is 4.40 Å². The smallest absolute Gasteiger partial charge is 0.264 e. The second-order valence-electron chi connectivity index (χ2n) is 8.22. The molecular formula is C21H26N4OS2. The summed E-state index contributed by atoms with van der Waals surface area (Å²) in [6.45, 7) is 6.06. The lowest BCUT2D eigenvalue weighted by Crippen LogP contribution is -2.29. The van der Waals surface area contributed by atoms with Crippen LogP contribution in [0.3, 0.4) is 0 Å². The van der Waals surface area contributed by atoms with E-state index in [2.05, 4.69) is 21.2 Å². The van der Waals surface area contributed by atoms with Crippen LogP contribution in [0.25, 0.3) is 16.0 Å². The van der Waals surface area contributed by atoms with Gasteiger partial charge >= 0.3 is 0 Å². The summed E-state index contributed by atoms with van der Waals surface area (Å²) in [6, 6.07) is 0.246. The van der Waals surface area contributed by atoms with E-state index in [1.54, 1.807) is 23.1 Å². The lowest BCUT2D eigenvalue weighted by atomic mass is 9.94. The summed E-state index contributed by atoms with van der Waals surface area (Å²) < 4.78 is 4.16. The van der Waals surface area contributed by atoms with Crippen molar-refractivity contribution in [1.29, 1.82) is 0 Å². The molecule has 1 saturated carbocycles. The molecule has 148 valence electrons. The standard InChI is InChI=1S/C21H26N4OS2/c1-13(2)12-27-21-23-22-20-24(14-8-4-3-5-9-14)18(26)17-15-10-6-7-11-16(15)28-19(17)25(20)21/h14H,1,3-12H2,2H3. The Morgan fingerprint density at radius 3 is 2.75 bits per heavy atom. The normalized spacial score (nSPS) is 18.0. The first-order valence-corrected chi connectivity index (χ1v) is 12.2. The van der Waals surface area contributed by atoms with Crippen molar-refractivity contribution < 1.29 is 0 Å². The minimum Gasteiger partial charge on any atom is -0.273 e. The van der Waals surface area contributed by atoms with E-state index in [4.69, 9.17) is 0 Å². The van der Waals surface area contributed by atoms with E-state index in [-0.39, 0.29) is 11.6 Å². The summed E-state index contributed by atoms with van der Waals surface area (Å²) in [5.74, 6) is 1.54. The maximum Gasteiger partial charge on any atom is 0.264 e. The number of hydrogen-bond acceptors (Lipinski definition) is 5. The maximum absolute atomic E-state index is 13.7. The minimum absolute atomic E-state index is 0.164. The van der Waals surface area contributed by atoms with Gasteiger partial charge in [0.05, 0.1) is 5.39 Å². The number of rotatable bonds is 4. The molecular weight excluding hydrogens is 388 g/mol. The lowest BCUT2D eigenvalue weighted by molar-refractivity contribution is 0.351. The number of aryl methyl sites for hydroxylation is 2. The topological polar surface area (TPSA) is 52.2 Å². The van der Waals surface area contributed by atoms with Crippen LogP contribution in [-0.4, -0.2) is 24.9 Å². The van der Waals surface area contributed by atoms with Gasteiger partial charge in [0.2, 0.25) is 5.78 Å². The first kappa shape index (κ1) is 18.4. The van der Waals surface area contributed by atoms with Gasteiger partial charge in [0.25, 0.3) is 5.56 Å². The Morgan fingerprint density at radius 1 is 1.18 bits per heavy atom. The predicted molar refractivity (Wildman–Crippen MR) is 117 cm³/mol. The van der Waals surface area contributed by atoms with Crippen molar-refractivity contribution in [3.8, 4) is 0 Å². The number of aromatic nitrogens is 4. The minimum atomic E-state index is 0.164. The van der Waals surface area contributed by atoms with Crippen molar-refractivity contribution in [3.05, 3.63) is 32.9 Å². The Labute approximate surface area is 172 Å². The molecule has 5 rings (SSSR count). The van der Waals surface area contributed by atoms with Crippen molar-refractivity contribution in [2.75, 3.05) is 5.75 Å². The fourth-order valence-electron chi connectivity index (χ4n) is 4.69. The highest BCUT2D eigenvalue weighted by molar-refractivity contribution is 7.99. The molecule has 3 heterocycles. The van der Waals surface area contributed by atoms with Crippen LogP contribution in [0.15, 0.2) is 22.1 Å². The van der Waals surface area contributed by atoms with Gasteiger partial charge in [0.1, 0.15) is 4.83 Å². The number of thioether (sulfide) groups is 1. The van der Waals surface area contributed by atoms with Gasteiger partial charge in [-0.3, -0.25) is 9.36 Å². The quantitative estimate of drug-likeness (QED) is 0.437. The highest BCUT2D eigenvalue weighted by atomic mass is 32.2. The third kappa shape index (κ3) is 2.94. The zero-order chi connectivity index (χ0) is 19.3. The number of nitrogens with zero attached hydrogens (tertiary/aromatic N) is 4. The molecule has 2 aliphatic carbocycles. The van der Waals surface area contributed by atoms with Crippen LogP contribution in [0.2, 0.25) is 0 Å². The summed E-state index contributed by atoms with van der Waals surface area (Å²) >= 11 is 3.45. The molecule has 2 aliphatic rings. The summed E-state index contributed by atoms with van der Waals surface area (Å²) in [6.07, 6.45) is 10.3. The summed E-state index contributed by atoms with van der Waals surface area (Å²) in [5, 5.41) is 10.8. The first-order valence-electron chi connectivity index (χ1n) is 10.4. The van der Waals surface area contributed by atoms with Gasteiger partial charge in [-0.2, -0.15) is 0 Å². The van der Waals surface area contributed by atoms with Gasteiger partial charge in [-0.05, 0) is 51.0 Å². The van der Waals surface area contributed by atoms with Crippen LogP contribution in [0, 0.1) is 0 Å². The average Bonchev–Trinajstić information content (AvgIpc) is 3.28. The number of hydrogen-bond donors (Lipinski definition) is 0. The molecule has 0 unspecified atom stereocenters. The fraction of sp³-hybridized carbons (Fsp3) is 0.571. The summed E-state index contributed by atoms with van der Waals surface area (Å²) in [5.41, 5.74) is 2.58. The zero-order valence-corrected chi connectivity index (χ0v) is 18.0. The number of fused-ring (bicyclic) bond motifs is 5. The van der Waals surface area contributed by atoms with E-state index in [0.29, 0.717) is 0 Å². The Morgan fingerprint density at radius 2 is 1.96 bits per heavy atom. The van der Waals surface area contributed by atoms with E-state index in [1.807, 2.05) is 11.5 Å². The molecule has 0 bridgehead atoms. The second kappa shape index (κ2) is 7.34. The van der Waals surface area contributed by atoms with E-state index in [9.17, 15) is 4.79 Å². The predicted octanol–water partition coefficient (Wildman–Crippen LogP) is 5.16. The molecule has 1 fully saturated rings. The lowest BCUT2D eigenvalue weighted by Gasteiger charge is -2.24. The Balaban J connectivity index is 1.81. The molecule has 0 N–H and O–H groups in total. The van der Waals surface area contributed by atoms with Gasteiger partial charge in [0, 0.05) is 16.7 Å². The van der Waals surface area contributed by atoms with Gasteiger partial charge in [-0.1, -0.05) is 43.2 Å². The van der Waals surface area contributed by atoms with E-state index >= 15 is 0 Å². The molecule has 0 amide bonds. The molecule has 0 saturated heterocycles. The highest BCUT2D eigenvalue weighted by Crippen LogP contribution is 2.38. The molecule has 5 nitrogen and oxygen atoms in total. The monoisotopic (exact) mass is 414 g/mol. The fourth-order valence-corrected chi connectivity index (χ4v) is 6.90. The Bertz CT molecular complexity index is 1120. The van der Waals surface area contributed by atoms with Gasteiger partial charge < -0.3 is 0 Å². The van der Waals surface area contributed by atoms with Crippen LogP contribution in [0.1, 0.15) is 68.4 Å². The zero-order valence-electron chi connectivity index (χ0n) is 16.4. The summed E-state index contributed by atoms with van der Waals surface area (Å²) in [7, 11) is 0. The van der Waals surface area contributed by atoms with E-state index in [0.717, 1.165) is 58.2 Å². The Hall–Kier alpha value is -1.60. The third-order valence-electron chi connectivity index (χ3n) is 6.01. The molecule has 0 spiro atoms. The van der Waals surface area contributed by atoms with Gasteiger partial charge in [-0.15, -0.1) is 21.5 Å². The van der Waals surface area contributed by atoms with Crippen LogP contribution in [0.5, 0.6) is 0 Å². The van der Waals surface area contributed by atoms with Crippen molar-refractivity contribution in [2.45, 2.75) is 75.9 Å². The maximum atomic E-state index is 13.7. The molecule has 7 heteroatoms. The number of thiophene rings is 1. The van der Waals surface area contributed by atoms with Crippen molar-refractivity contribution in [1.82, 2.24) is 19.2 Å². The average molecular weight is 415 g/mol. The molecule has 28 heavy (non-hydrogen) atoms. The van der Waals surface area contributed by atoms with Gasteiger partial charge in [0.15, 0.2) is 5.16 Å². The third-order valence-corrected chi connectivity index (χ3v) is 8.44. The largest absolute Gasteiger partial charge is 0.273 e. The molecule has 0 aliphatic heterocycles. The van der Waals surface area contributed by atoms with E-state index in [1.165, 1.54) is 42.5 Å². The molecule has 0 radical (unpaired) electrons. The molecule has 0 aromatic carbocycles. The van der Waals surface area contributed by atoms with Crippen LogP contribution in [-0.2, 0) is 12.8 Å². The first-order chi connectivity index (χ1) is 13.6. The van der Waals surface area contributed by atoms with Crippen molar-refractivity contribution in [2.24, 2.45) is 0 Å². The highest BCUT2D eigenvalue weighted by Gasteiger charge is 2.28. The van der Waals surface area contributed by atoms with E-state index < -0.39 is 0 Å².